The summed E-state index contributed by atoms with van der Waals surface area (Å²) >= 11 is 0.862. The van der Waals surface area contributed by atoms with E-state index >= 15 is 0 Å². The molecule has 36 heavy (non-hydrogen) atoms. The Morgan fingerprint density at radius 3 is 2.61 bits per heavy atom. The van der Waals surface area contributed by atoms with Crippen molar-refractivity contribution >= 4 is 40.7 Å². The first-order valence-electron chi connectivity index (χ1n) is 10.4. The van der Waals surface area contributed by atoms with Crippen LogP contribution in [0.5, 0.6) is 0 Å². The van der Waals surface area contributed by atoms with Gasteiger partial charge in [0.05, 0.1) is 30.2 Å². The molecule has 0 bridgehead atoms. The fraction of sp³-hybridized carbons (Fsp3) is 0.154. The number of nitrogens with one attached hydrogen (secondary N) is 1. The molecule has 0 aliphatic carbocycles. The lowest BCUT2D eigenvalue weighted by Gasteiger charge is -2.25. The molecule has 1 atom stereocenters. The van der Waals surface area contributed by atoms with E-state index < -0.39 is 29.2 Å². The minimum atomic E-state index is -1.03. The Morgan fingerprint density at radius 1 is 1.25 bits per heavy atom. The number of esters is 1. The number of carbonyl (C=O) groups excluding carboxylic acids is 2. The quantitative estimate of drug-likeness (QED) is 0.506. The zero-order chi connectivity index (χ0) is 25.1. The monoisotopic (exact) mass is 506 g/mol. The molecule has 1 aromatic heterocycles. The summed E-state index contributed by atoms with van der Waals surface area (Å²) in [5.41, 5.74) is 6.67. The van der Waals surface area contributed by atoms with Gasteiger partial charge in [-0.15, -0.1) is 11.3 Å². The van der Waals surface area contributed by atoms with Gasteiger partial charge in [0.25, 0.3) is 11.5 Å². The van der Waals surface area contributed by atoms with Gasteiger partial charge in [-0.1, -0.05) is 49.9 Å². The van der Waals surface area contributed by atoms with E-state index in [1.54, 1.807) is 6.07 Å². The molecule has 1 aliphatic rings. The van der Waals surface area contributed by atoms with E-state index in [2.05, 4.69) is 10.1 Å². The van der Waals surface area contributed by atoms with Crippen molar-refractivity contribution in [2.45, 2.75) is 19.9 Å². The Hall–Kier alpha value is -4.49. The van der Waals surface area contributed by atoms with Crippen LogP contribution in [0, 0.1) is 17.1 Å². The third-order valence-corrected chi connectivity index (χ3v) is 6.55. The number of thiazole rings is 1. The molecule has 0 saturated heterocycles. The lowest BCUT2D eigenvalue weighted by molar-refractivity contribution is -0.133. The summed E-state index contributed by atoms with van der Waals surface area (Å²) in [6, 6.07) is 16.6. The number of halogens is 1. The van der Waals surface area contributed by atoms with Crippen LogP contribution in [0.4, 0.5) is 4.39 Å². The maximum atomic E-state index is 14.1. The largest absolute Gasteiger partial charge is 0.466 e. The number of hydrogen-bond acceptors (Lipinski definition) is 7. The fourth-order valence-corrected chi connectivity index (χ4v) is 4.96. The van der Waals surface area contributed by atoms with Crippen LogP contribution in [0.25, 0.3) is 17.5 Å². The topological polar surface area (TPSA) is 127 Å². The van der Waals surface area contributed by atoms with Crippen LogP contribution < -0.4 is 25.8 Å². The molecule has 0 radical (unpaired) electrons. The van der Waals surface area contributed by atoms with Crippen LogP contribution in [-0.4, -0.2) is 23.6 Å². The lowest BCUT2D eigenvalue weighted by Crippen LogP contribution is -2.42. The normalized spacial score (nSPS) is 15.0. The number of hydrogen-bond donors (Lipinski definition) is 2. The average molecular weight is 507 g/mol. The van der Waals surface area contributed by atoms with Gasteiger partial charge in [0.2, 0.25) is 0 Å². The zero-order valence-corrected chi connectivity index (χ0v) is 19.3. The molecule has 0 saturated carbocycles. The number of carbonyl (C=O) groups is 2. The first-order valence-corrected chi connectivity index (χ1v) is 11.2. The molecule has 3 N–H and O–H groups in total. The molecule has 4 rings (SSSR count). The Labute approximate surface area is 210 Å². The molecule has 10 heteroatoms. The predicted octanol–water partition coefficient (Wildman–Crippen LogP) is 1.55. The summed E-state index contributed by atoms with van der Waals surface area (Å²) in [7, 11) is 1.17. The number of fused-ring (bicyclic) bond motifs is 1. The molecule has 1 unspecified atom stereocenters. The average Bonchev–Trinajstić information content (AvgIpc) is 3.18. The van der Waals surface area contributed by atoms with Gasteiger partial charge >= 0.3 is 5.97 Å². The van der Waals surface area contributed by atoms with Crippen LogP contribution >= 0.6 is 11.3 Å². The molecule has 1 amide bonds. The number of aromatic nitrogens is 1. The second-order valence-electron chi connectivity index (χ2n) is 7.56. The lowest BCUT2D eigenvalue weighted by atomic mass is 9.83. The van der Waals surface area contributed by atoms with Gasteiger partial charge in [0.15, 0.2) is 0 Å². The molecular weight excluding hydrogens is 483 g/mol. The first-order chi connectivity index (χ1) is 16.8. The highest BCUT2D eigenvalue weighted by Crippen LogP contribution is 2.36. The molecule has 0 spiro atoms. The third kappa shape index (κ3) is 4.82. The Balaban J connectivity index is 0.00000361. The number of methoxy groups -OCH3 is 1. The van der Waals surface area contributed by atoms with Gasteiger partial charge in [-0.25, -0.2) is 9.18 Å². The standard InChI is InChI=1S/C25H19FN4O4S.CH4/c1-34-19(31)11-18-24(33)30-22(28)17(12-27)20(15-8-5-9-16(26)10-15)21(25(30)35-18)23(32)29-13-14-6-3-2-4-7-14;/h2-11,20H,13,28H2,1H3,(H,29,32);1H4/b18-11-;. The van der Waals surface area contributed by atoms with E-state index in [1.807, 2.05) is 36.4 Å². The molecule has 8 nitrogen and oxygen atoms in total. The molecule has 3 aromatic rings. The molecule has 184 valence electrons. The smallest absolute Gasteiger partial charge is 0.332 e. The van der Waals surface area contributed by atoms with E-state index in [-0.39, 0.29) is 40.1 Å². The number of ether oxygens (including phenoxy) is 1. The molecule has 1 aliphatic heterocycles. The highest BCUT2D eigenvalue weighted by molar-refractivity contribution is 7.07. The number of rotatable bonds is 5. The third-order valence-electron chi connectivity index (χ3n) is 5.44. The number of nitrogens with two attached hydrogens (primary N) is 1. The van der Waals surface area contributed by atoms with Crippen molar-refractivity contribution in [2.24, 2.45) is 5.73 Å². The van der Waals surface area contributed by atoms with Crippen molar-refractivity contribution in [3.05, 3.63) is 96.7 Å². The highest BCUT2D eigenvalue weighted by Gasteiger charge is 2.35. The van der Waals surface area contributed by atoms with Crippen molar-refractivity contribution < 1.29 is 18.7 Å². The molecule has 2 aromatic carbocycles. The fourth-order valence-electron chi connectivity index (χ4n) is 3.83. The van der Waals surface area contributed by atoms with E-state index in [0.29, 0.717) is 5.56 Å². The van der Waals surface area contributed by atoms with Crippen molar-refractivity contribution in [3.63, 3.8) is 0 Å². The minimum Gasteiger partial charge on any atom is -0.466 e. The van der Waals surface area contributed by atoms with Crippen LogP contribution in [-0.2, 0) is 20.9 Å². The predicted molar refractivity (Wildman–Crippen MR) is 135 cm³/mol. The van der Waals surface area contributed by atoms with Gasteiger partial charge < -0.3 is 15.8 Å². The number of nitriles is 1. The number of amides is 1. The minimum absolute atomic E-state index is 0. The van der Waals surface area contributed by atoms with E-state index in [9.17, 15) is 24.0 Å². The number of nitrogens with zero attached hydrogens (tertiary/aromatic N) is 2. The van der Waals surface area contributed by atoms with Crippen molar-refractivity contribution in [1.82, 2.24) is 9.88 Å². The van der Waals surface area contributed by atoms with Crippen LogP contribution in [0.1, 0.15) is 24.5 Å². The van der Waals surface area contributed by atoms with E-state index in [0.717, 1.165) is 27.5 Å². The SMILES string of the molecule is C.COC(=O)/C=c1\sc2n(c1=O)C(N)=C(C#N)C(c1cccc(F)c1)C=2C(=O)NCc1ccccc1. The van der Waals surface area contributed by atoms with E-state index in [4.69, 9.17) is 5.73 Å². The Bertz CT molecular complexity index is 1580. The van der Waals surface area contributed by atoms with Gasteiger partial charge in [-0.2, -0.15) is 5.26 Å². The van der Waals surface area contributed by atoms with Gasteiger partial charge in [0.1, 0.15) is 20.8 Å². The first kappa shape index (κ1) is 26.1. The molecular formula is C26H23FN4O4S. The van der Waals surface area contributed by atoms with Crippen LogP contribution in [0.2, 0.25) is 0 Å². The number of benzene rings is 2. The Morgan fingerprint density at radius 2 is 1.97 bits per heavy atom. The second-order valence-corrected chi connectivity index (χ2v) is 8.59. The van der Waals surface area contributed by atoms with E-state index in [1.165, 1.54) is 25.3 Å². The maximum Gasteiger partial charge on any atom is 0.332 e. The zero-order valence-electron chi connectivity index (χ0n) is 18.4. The van der Waals surface area contributed by atoms with Gasteiger partial charge in [0, 0.05) is 12.6 Å². The van der Waals surface area contributed by atoms with Crippen LogP contribution in [0.3, 0.4) is 0 Å². The summed E-state index contributed by atoms with van der Waals surface area (Å²) in [5.74, 6) is -3.11. The summed E-state index contributed by atoms with van der Waals surface area (Å²) < 4.78 is 19.9. The number of allylic oxidation sites excluding steroid dienone is 1. The van der Waals surface area contributed by atoms with Crippen molar-refractivity contribution in [2.75, 3.05) is 7.11 Å². The van der Waals surface area contributed by atoms with Crippen LogP contribution in [0.15, 0.2) is 65.0 Å². The molecule has 2 heterocycles. The second kappa shape index (κ2) is 10.8. The van der Waals surface area contributed by atoms with Crippen molar-refractivity contribution in [3.8, 4) is 6.07 Å². The summed E-state index contributed by atoms with van der Waals surface area (Å²) in [6.45, 7) is 0.177. The summed E-state index contributed by atoms with van der Waals surface area (Å²) in [5, 5.41) is 12.8. The molecule has 0 fully saturated rings. The Kier molecular flexibility index (Phi) is 7.86. The summed E-state index contributed by atoms with van der Waals surface area (Å²) in [6.07, 6.45) is 0.994. The van der Waals surface area contributed by atoms with Gasteiger partial charge in [-0.3, -0.25) is 14.2 Å². The maximum absolute atomic E-state index is 14.1. The summed E-state index contributed by atoms with van der Waals surface area (Å²) in [4.78, 5) is 38.4. The van der Waals surface area contributed by atoms with Crippen molar-refractivity contribution in [1.29, 1.82) is 5.26 Å². The van der Waals surface area contributed by atoms with Gasteiger partial charge in [-0.05, 0) is 23.3 Å². The highest BCUT2D eigenvalue weighted by atomic mass is 32.1.